The Balaban J connectivity index is 1.65. The summed E-state index contributed by atoms with van der Waals surface area (Å²) in [6.45, 7) is 0.597. The minimum absolute atomic E-state index is 0.139. The van der Waals surface area contributed by atoms with Gasteiger partial charge in [0.1, 0.15) is 11.7 Å². The summed E-state index contributed by atoms with van der Waals surface area (Å²) in [5.41, 5.74) is 3.76. The molecule has 0 aromatic heterocycles. The van der Waals surface area contributed by atoms with Crippen molar-refractivity contribution in [3.63, 3.8) is 0 Å². The molecule has 2 aliphatic rings. The fourth-order valence-corrected chi connectivity index (χ4v) is 4.92. The van der Waals surface area contributed by atoms with Crippen molar-refractivity contribution in [2.75, 3.05) is 16.8 Å². The standard InChI is InChI=1S/C20H21FN2S/c21-17-7-5-15(6-8-17)14-22-19-20(9-11-24-12-10-20)13-16-3-1-2-4-18(16)23-19/h1-8H,9-14H2,(H,22,23). The van der Waals surface area contributed by atoms with E-state index in [2.05, 4.69) is 29.6 Å². The predicted molar refractivity (Wildman–Crippen MR) is 100 cm³/mol. The molecule has 1 fully saturated rings. The molecule has 4 heteroatoms. The summed E-state index contributed by atoms with van der Waals surface area (Å²) < 4.78 is 13.1. The van der Waals surface area contributed by atoms with Gasteiger partial charge in [-0.05, 0) is 60.1 Å². The number of aliphatic imine (C=N–C) groups is 1. The minimum Gasteiger partial charge on any atom is -0.343 e. The van der Waals surface area contributed by atoms with E-state index in [9.17, 15) is 4.39 Å². The average Bonchev–Trinajstić information content (AvgIpc) is 2.62. The number of nitrogens with zero attached hydrogens (tertiary/aromatic N) is 1. The molecule has 2 aromatic carbocycles. The summed E-state index contributed by atoms with van der Waals surface area (Å²) in [5.74, 6) is 3.31. The molecule has 1 spiro atoms. The lowest BCUT2D eigenvalue weighted by molar-refractivity contribution is 0.377. The highest BCUT2D eigenvalue weighted by atomic mass is 32.2. The molecule has 0 radical (unpaired) electrons. The van der Waals surface area contributed by atoms with Crippen molar-refractivity contribution in [1.82, 2.24) is 0 Å². The van der Waals surface area contributed by atoms with Crippen LogP contribution in [-0.4, -0.2) is 17.3 Å². The van der Waals surface area contributed by atoms with Crippen LogP contribution in [0, 0.1) is 11.2 Å². The van der Waals surface area contributed by atoms with Gasteiger partial charge in [-0.15, -0.1) is 0 Å². The van der Waals surface area contributed by atoms with Crippen molar-refractivity contribution in [2.45, 2.75) is 25.8 Å². The fraction of sp³-hybridized carbons (Fsp3) is 0.350. The van der Waals surface area contributed by atoms with Crippen LogP contribution in [0.2, 0.25) is 0 Å². The van der Waals surface area contributed by atoms with Gasteiger partial charge in [-0.2, -0.15) is 11.8 Å². The molecule has 124 valence electrons. The summed E-state index contributed by atoms with van der Waals surface area (Å²) in [6.07, 6.45) is 3.40. The smallest absolute Gasteiger partial charge is 0.123 e. The monoisotopic (exact) mass is 340 g/mol. The molecule has 4 rings (SSSR count). The van der Waals surface area contributed by atoms with Crippen molar-refractivity contribution in [1.29, 1.82) is 0 Å². The van der Waals surface area contributed by atoms with Gasteiger partial charge in [-0.1, -0.05) is 30.3 Å². The minimum atomic E-state index is -0.197. The van der Waals surface area contributed by atoms with Crippen LogP contribution in [0.15, 0.2) is 53.5 Å². The molecule has 2 aliphatic heterocycles. The zero-order valence-corrected chi connectivity index (χ0v) is 14.4. The van der Waals surface area contributed by atoms with Gasteiger partial charge < -0.3 is 5.32 Å². The van der Waals surface area contributed by atoms with Gasteiger partial charge in [-0.25, -0.2) is 4.39 Å². The van der Waals surface area contributed by atoms with E-state index < -0.39 is 0 Å². The van der Waals surface area contributed by atoms with E-state index in [1.54, 1.807) is 0 Å². The number of anilines is 1. The molecule has 2 heterocycles. The molecular formula is C20H21FN2S. The number of hydrogen-bond acceptors (Lipinski definition) is 2. The number of hydrogen-bond donors (Lipinski definition) is 1. The number of halogens is 1. The molecule has 0 aliphatic carbocycles. The number of benzene rings is 2. The Morgan fingerprint density at radius 3 is 2.58 bits per heavy atom. The maximum Gasteiger partial charge on any atom is 0.123 e. The van der Waals surface area contributed by atoms with Crippen LogP contribution in [0.5, 0.6) is 0 Å². The lowest BCUT2D eigenvalue weighted by Crippen LogP contribution is -2.44. The number of thioether (sulfide) groups is 1. The van der Waals surface area contributed by atoms with Crippen molar-refractivity contribution in [2.24, 2.45) is 10.4 Å². The Labute approximate surface area is 146 Å². The Morgan fingerprint density at radius 2 is 1.79 bits per heavy atom. The summed E-state index contributed by atoms with van der Waals surface area (Å²) in [7, 11) is 0. The van der Waals surface area contributed by atoms with Gasteiger partial charge in [-0.3, -0.25) is 4.99 Å². The highest BCUT2D eigenvalue weighted by Gasteiger charge is 2.41. The zero-order chi connectivity index (χ0) is 16.4. The third kappa shape index (κ3) is 3.07. The third-order valence-corrected chi connectivity index (χ3v) is 6.07. The van der Waals surface area contributed by atoms with Gasteiger partial charge in [0.15, 0.2) is 0 Å². The van der Waals surface area contributed by atoms with Crippen LogP contribution in [0.4, 0.5) is 10.1 Å². The highest BCUT2D eigenvalue weighted by Crippen LogP contribution is 2.44. The zero-order valence-electron chi connectivity index (χ0n) is 13.6. The molecule has 0 bridgehead atoms. The van der Waals surface area contributed by atoms with E-state index in [0.717, 1.165) is 17.8 Å². The summed E-state index contributed by atoms with van der Waals surface area (Å²) >= 11 is 2.04. The van der Waals surface area contributed by atoms with Crippen molar-refractivity contribution < 1.29 is 4.39 Å². The normalized spacial score (nSPS) is 20.6. The number of amidine groups is 1. The molecule has 2 aromatic rings. The Hall–Kier alpha value is -1.81. The highest BCUT2D eigenvalue weighted by molar-refractivity contribution is 7.99. The largest absolute Gasteiger partial charge is 0.343 e. The van der Waals surface area contributed by atoms with Gasteiger partial charge >= 0.3 is 0 Å². The maximum absolute atomic E-state index is 13.1. The lowest BCUT2D eigenvalue weighted by Gasteiger charge is -2.42. The SMILES string of the molecule is Fc1ccc(CN=C2Nc3ccccc3CC23CCSCC3)cc1. The summed E-state index contributed by atoms with van der Waals surface area (Å²) in [5, 5.41) is 3.61. The molecule has 24 heavy (non-hydrogen) atoms. The second-order valence-electron chi connectivity index (χ2n) is 6.64. The molecule has 0 atom stereocenters. The van der Waals surface area contributed by atoms with Gasteiger partial charge in [0.2, 0.25) is 0 Å². The summed E-state index contributed by atoms with van der Waals surface area (Å²) in [4.78, 5) is 4.93. The van der Waals surface area contributed by atoms with Gasteiger partial charge in [0, 0.05) is 11.1 Å². The van der Waals surface area contributed by atoms with E-state index >= 15 is 0 Å². The number of nitrogens with one attached hydrogen (secondary N) is 1. The second-order valence-corrected chi connectivity index (χ2v) is 7.87. The first kappa shape index (κ1) is 15.7. The molecule has 0 amide bonds. The molecule has 1 saturated heterocycles. The Kier molecular flexibility index (Phi) is 4.31. The van der Waals surface area contributed by atoms with E-state index in [0.29, 0.717) is 6.54 Å². The summed E-state index contributed by atoms with van der Waals surface area (Å²) in [6, 6.07) is 15.2. The second kappa shape index (κ2) is 6.60. The van der Waals surface area contributed by atoms with Gasteiger partial charge in [0.25, 0.3) is 0 Å². The molecule has 0 saturated carbocycles. The fourth-order valence-electron chi connectivity index (χ4n) is 3.65. The van der Waals surface area contributed by atoms with E-state index in [1.165, 1.54) is 47.7 Å². The lowest BCUT2D eigenvalue weighted by atomic mass is 9.73. The van der Waals surface area contributed by atoms with Crippen LogP contribution in [0.1, 0.15) is 24.0 Å². The quantitative estimate of drug-likeness (QED) is 0.840. The van der Waals surface area contributed by atoms with Crippen molar-refractivity contribution in [3.8, 4) is 0 Å². The number of para-hydroxylation sites is 1. The van der Waals surface area contributed by atoms with E-state index in [4.69, 9.17) is 4.99 Å². The molecule has 0 unspecified atom stereocenters. The topological polar surface area (TPSA) is 24.4 Å². The van der Waals surface area contributed by atoms with E-state index in [-0.39, 0.29) is 11.2 Å². The molecule has 2 nitrogen and oxygen atoms in total. The molecule has 1 N–H and O–H groups in total. The molecular weight excluding hydrogens is 319 g/mol. The number of fused-ring (bicyclic) bond motifs is 1. The maximum atomic E-state index is 13.1. The first-order valence-corrected chi connectivity index (χ1v) is 9.63. The van der Waals surface area contributed by atoms with Crippen LogP contribution in [-0.2, 0) is 13.0 Å². The van der Waals surface area contributed by atoms with Crippen LogP contribution >= 0.6 is 11.8 Å². The average molecular weight is 340 g/mol. The van der Waals surface area contributed by atoms with Gasteiger partial charge in [0.05, 0.1) is 6.54 Å². The van der Waals surface area contributed by atoms with Crippen molar-refractivity contribution in [3.05, 3.63) is 65.5 Å². The Morgan fingerprint density at radius 1 is 1.04 bits per heavy atom. The van der Waals surface area contributed by atoms with E-state index in [1.807, 2.05) is 23.9 Å². The Bertz CT molecular complexity index is 748. The van der Waals surface area contributed by atoms with Crippen LogP contribution < -0.4 is 5.32 Å². The third-order valence-electron chi connectivity index (χ3n) is 5.08. The van der Waals surface area contributed by atoms with Crippen LogP contribution in [0.3, 0.4) is 0 Å². The first-order chi connectivity index (χ1) is 11.8. The number of rotatable bonds is 2. The first-order valence-electron chi connectivity index (χ1n) is 8.47. The van der Waals surface area contributed by atoms with Crippen LogP contribution in [0.25, 0.3) is 0 Å². The van der Waals surface area contributed by atoms with Crippen molar-refractivity contribution >= 4 is 23.3 Å². The predicted octanol–water partition coefficient (Wildman–Crippen LogP) is 4.91.